The van der Waals surface area contributed by atoms with Crippen molar-refractivity contribution in [3.8, 4) is 16.9 Å². The van der Waals surface area contributed by atoms with Gasteiger partial charge in [-0.3, -0.25) is 10.1 Å². The Kier molecular flexibility index (Phi) is 6.30. The van der Waals surface area contributed by atoms with Gasteiger partial charge < -0.3 is 9.64 Å². The van der Waals surface area contributed by atoms with Crippen molar-refractivity contribution in [1.82, 2.24) is 15.2 Å². The van der Waals surface area contributed by atoms with Crippen LogP contribution in [0.25, 0.3) is 22.0 Å². The van der Waals surface area contributed by atoms with Crippen LogP contribution in [0, 0.1) is 5.82 Å². The van der Waals surface area contributed by atoms with E-state index in [9.17, 15) is 26.0 Å². The summed E-state index contributed by atoms with van der Waals surface area (Å²) >= 11 is 0. The summed E-state index contributed by atoms with van der Waals surface area (Å²) in [6, 6.07) is 10.2. The zero-order valence-electron chi connectivity index (χ0n) is 19.6. The SMILES string of the molecule is CS(=O)(=O)c1cc(F)ccc1OC1CCN(c2ccnc3ccc(-c4cn[nH]c4C(F)(F)F)cc23)CC1. The Morgan fingerprint density at radius 1 is 1.08 bits per heavy atom. The summed E-state index contributed by atoms with van der Waals surface area (Å²) in [5.41, 5.74) is 0.870. The Morgan fingerprint density at radius 3 is 2.54 bits per heavy atom. The summed E-state index contributed by atoms with van der Waals surface area (Å²) in [6.45, 7) is 1.12. The first-order valence-corrected chi connectivity index (χ1v) is 13.3. The average molecular weight is 535 g/mol. The fraction of sp³-hybridized carbons (Fsp3) is 0.280. The number of nitrogens with one attached hydrogen (secondary N) is 1. The molecule has 1 N–H and O–H groups in total. The lowest BCUT2D eigenvalue weighted by Crippen LogP contribution is -2.38. The summed E-state index contributed by atoms with van der Waals surface area (Å²) in [5.74, 6) is -0.550. The number of alkyl halides is 3. The molecule has 0 saturated carbocycles. The predicted octanol–water partition coefficient (Wildman–Crippen LogP) is 5.23. The summed E-state index contributed by atoms with van der Waals surface area (Å²) in [6.07, 6.45) is 0.0713. The molecule has 4 aromatic rings. The van der Waals surface area contributed by atoms with Gasteiger partial charge in [-0.25, -0.2) is 12.8 Å². The molecule has 7 nitrogen and oxygen atoms in total. The molecule has 1 aliphatic heterocycles. The van der Waals surface area contributed by atoms with Crippen LogP contribution in [0.1, 0.15) is 18.5 Å². The first kappa shape index (κ1) is 25.0. The van der Waals surface area contributed by atoms with E-state index in [4.69, 9.17) is 4.74 Å². The van der Waals surface area contributed by atoms with Crippen molar-refractivity contribution >= 4 is 26.4 Å². The Bertz CT molecular complexity index is 1560. The van der Waals surface area contributed by atoms with Gasteiger partial charge in [-0.2, -0.15) is 18.3 Å². The Hall–Kier alpha value is -3.67. The second kappa shape index (κ2) is 9.33. The Labute approximate surface area is 210 Å². The molecule has 0 spiro atoms. The minimum atomic E-state index is -4.57. The number of aromatic amines is 1. The van der Waals surface area contributed by atoms with E-state index in [2.05, 4.69) is 15.0 Å². The molecule has 0 unspecified atom stereocenters. The van der Waals surface area contributed by atoms with Crippen LogP contribution in [-0.4, -0.2) is 49.0 Å². The van der Waals surface area contributed by atoms with Crippen LogP contribution >= 0.6 is 0 Å². The lowest BCUT2D eigenvalue weighted by molar-refractivity contribution is -0.140. The van der Waals surface area contributed by atoms with Crippen LogP contribution in [0.4, 0.5) is 23.2 Å². The van der Waals surface area contributed by atoms with Crippen molar-refractivity contribution < 1.29 is 30.7 Å². The van der Waals surface area contributed by atoms with E-state index in [1.54, 1.807) is 24.4 Å². The van der Waals surface area contributed by atoms with E-state index >= 15 is 0 Å². The van der Waals surface area contributed by atoms with Crippen molar-refractivity contribution in [3.63, 3.8) is 0 Å². The van der Waals surface area contributed by atoms with Gasteiger partial charge in [0.25, 0.3) is 0 Å². The number of piperidine rings is 1. The summed E-state index contributed by atoms with van der Waals surface area (Å²) in [4.78, 5) is 6.26. The number of hydrogen-bond donors (Lipinski definition) is 1. The van der Waals surface area contributed by atoms with Gasteiger partial charge in [0.2, 0.25) is 0 Å². The van der Waals surface area contributed by atoms with Crippen LogP contribution in [0.15, 0.2) is 59.8 Å². The fourth-order valence-electron chi connectivity index (χ4n) is 4.56. The van der Waals surface area contributed by atoms with Crippen LogP contribution in [0.3, 0.4) is 0 Å². The maximum absolute atomic E-state index is 13.6. The largest absolute Gasteiger partial charge is 0.489 e. The number of rotatable bonds is 5. The number of ether oxygens (including phenoxy) is 1. The molecule has 3 heterocycles. The molecule has 1 aliphatic rings. The number of hydrogen-bond acceptors (Lipinski definition) is 6. The number of anilines is 1. The number of pyridine rings is 1. The minimum Gasteiger partial charge on any atom is -0.489 e. The van der Waals surface area contributed by atoms with Gasteiger partial charge in [-0.15, -0.1) is 0 Å². The lowest BCUT2D eigenvalue weighted by Gasteiger charge is -2.34. The van der Waals surface area contributed by atoms with E-state index < -0.39 is 27.5 Å². The minimum absolute atomic E-state index is 0.0442. The van der Waals surface area contributed by atoms with Gasteiger partial charge in [0.1, 0.15) is 28.3 Å². The van der Waals surface area contributed by atoms with Gasteiger partial charge in [0.15, 0.2) is 9.84 Å². The molecule has 0 radical (unpaired) electrons. The third-order valence-corrected chi connectivity index (χ3v) is 7.45. The predicted molar refractivity (Wildman–Crippen MR) is 130 cm³/mol. The van der Waals surface area contributed by atoms with E-state index in [1.807, 2.05) is 11.2 Å². The highest BCUT2D eigenvalue weighted by Crippen LogP contribution is 2.38. The Morgan fingerprint density at radius 2 is 1.84 bits per heavy atom. The molecule has 1 saturated heterocycles. The van der Waals surface area contributed by atoms with Crippen LogP contribution in [-0.2, 0) is 16.0 Å². The van der Waals surface area contributed by atoms with Gasteiger partial charge in [0, 0.05) is 55.0 Å². The molecule has 194 valence electrons. The molecule has 0 bridgehead atoms. The van der Waals surface area contributed by atoms with Crippen molar-refractivity contribution in [2.45, 2.75) is 30.0 Å². The topological polar surface area (TPSA) is 88.2 Å². The molecular weight excluding hydrogens is 512 g/mol. The molecule has 2 aromatic heterocycles. The standard InChI is InChI=1S/C25H22F4N4O3S/c1-37(34,35)23-13-16(26)3-5-22(23)36-17-7-10-33(11-8-17)21-6-9-30-20-4-2-15(12-18(20)21)19-14-31-32-24(19)25(27,28)29/h2-6,9,12-14,17H,7-8,10-11H2,1H3,(H,31,32). The van der Waals surface area contributed by atoms with Crippen LogP contribution < -0.4 is 9.64 Å². The molecule has 2 aromatic carbocycles. The van der Waals surface area contributed by atoms with E-state index in [1.165, 1.54) is 6.07 Å². The smallest absolute Gasteiger partial charge is 0.433 e. The van der Waals surface area contributed by atoms with E-state index in [0.717, 1.165) is 30.3 Å². The van der Waals surface area contributed by atoms with Crippen LogP contribution in [0.2, 0.25) is 0 Å². The summed E-state index contributed by atoms with van der Waals surface area (Å²) < 4.78 is 83.9. The van der Waals surface area contributed by atoms with Crippen LogP contribution in [0.5, 0.6) is 5.75 Å². The second-order valence-electron chi connectivity index (χ2n) is 8.89. The number of aromatic nitrogens is 3. The third kappa shape index (κ3) is 5.10. The zero-order valence-corrected chi connectivity index (χ0v) is 20.4. The van der Waals surface area contributed by atoms with E-state index in [0.29, 0.717) is 42.4 Å². The first-order chi connectivity index (χ1) is 17.5. The highest BCUT2D eigenvalue weighted by atomic mass is 32.2. The highest BCUT2D eigenvalue weighted by Gasteiger charge is 2.36. The lowest BCUT2D eigenvalue weighted by atomic mass is 10.0. The van der Waals surface area contributed by atoms with Gasteiger partial charge >= 0.3 is 6.18 Å². The third-order valence-electron chi connectivity index (χ3n) is 6.33. The zero-order chi connectivity index (χ0) is 26.4. The van der Waals surface area contributed by atoms with Crippen molar-refractivity contribution in [2.24, 2.45) is 0 Å². The normalized spacial score (nSPS) is 15.3. The second-order valence-corrected chi connectivity index (χ2v) is 10.9. The highest BCUT2D eigenvalue weighted by molar-refractivity contribution is 7.90. The molecule has 37 heavy (non-hydrogen) atoms. The molecule has 1 fully saturated rings. The van der Waals surface area contributed by atoms with Gasteiger partial charge in [0.05, 0.1) is 11.7 Å². The van der Waals surface area contributed by atoms with Crippen molar-refractivity contribution in [1.29, 1.82) is 0 Å². The number of fused-ring (bicyclic) bond motifs is 1. The molecular formula is C25H22F4N4O3S. The molecule has 0 amide bonds. The van der Waals surface area contributed by atoms with Crippen molar-refractivity contribution in [3.05, 3.63) is 66.4 Å². The summed E-state index contributed by atoms with van der Waals surface area (Å²) in [5, 5.41) is 6.32. The first-order valence-electron chi connectivity index (χ1n) is 11.4. The average Bonchev–Trinajstić information content (AvgIpc) is 3.35. The summed E-state index contributed by atoms with van der Waals surface area (Å²) in [7, 11) is -3.68. The number of benzene rings is 2. The number of halogens is 4. The number of sulfone groups is 1. The maximum Gasteiger partial charge on any atom is 0.433 e. The molecule has 12 heteroatoms. The van der Waals surface area contributed by atoms with Gasteiger partial charge in [-0.05, 0) is 42.0 Å². The number of nitrogens with zero attached hydrogens (tertiary/aromatic N) is 3. The fourth-order valence-corrected chi connectivity index (χ4v) is 5.37. The van der Waals surface area contributed by atoms with E-state index in [-0.39, 0.29) is 22.3 Å². The maximum atomic E-state index is 13.6. The monoisotopic (exact) mass is 534 g/mol. The molecule has 0 atom stereocenters. The molecule has 0 aliphatic carbocycles. The molecule has 5 rings (SSSR count). The van der Waals surface area contributed by atoms with Gasteiger partial charge in [-0.1, -0.05) is 6.07 Å². The quantitative estimate of drug-likeness (QED) is 0.353. The Balaban J connectivity index is 1.38. The van der Waals surface area contributed by atoms with Crippen molar-refractivity contribution in [2.75, 3.05) is 24.2 Å². The number of H-pyrrole nitrogens is 1.